The van der Waals surface area contributed by atoms with Crippen molar-refractivity contribution in [2.75, 3.05) is 0 Å². The zero-order valence-corrected chi connectivity index (χ0v) is 28.1. The van der Waals surface area contributed by atoms with Crippen molar-refractivity contribution in [3.05, 3.63) is 203 Å². The highest BCUT2D eigenvalue weighted by Crippen LogP contribution is 2.62. The maximum atomic E-state index is 5.10. The number of rotatable bonds is 3. The lowest BCUT2D eigenvalue weighted by atomic mass is 9.55. The molecule has 1 aromatic heterocycles. The van der Waals surface area contributed by atoms with E-state index in [1.54, 1.807) is 0 Å². The highest BCUT2D eigenvalue weighted by Gasteiger charge is 2.53. The molecule has 0 bridgehead atoms. The van der Waals surface area contributed by atoms with Crippen molar-refractivity contribution in [3.63, 3.8) is 0 Å². The summed E-state index contributed by atoms with van der Waals surface area (Å²) in [6.07, 6.45) is 0. The molecule has 0 aliphatic heterocycles. The molecule has 1 heterocycles. The molecule has 0 amide bonds. The predicted octanol–water partition coefficient (Wildman–Crippen LogP) is 11.6. The maximum Gasteiger partial charge on any atom is 0.160 e. The molecule has 1 spiro atoms. The van der Waals surface area contributed by atoms with E-state index in [-0.39, 0.29) is 10.8 Å². The van der Waals surface area contributed by atoms with Gasteiger partial charge in [0.05, 0.1) is 16.6 Å². The zero-order chi connectivity index (χ0) is 33.5. The highest BCUT2D eigenvalue weighted by atomic mass is 14.9. The van der Waals surface area contributed by atoms with Gasteiger partial charge in [-0.15, -0.1) is 0 Å². The molecule has 2 aliphatic rings. The first-order valence-corrected chi connectivity index (χ1v) is 17.4. The molecule has 0 radical (unpaired) electrons. The summed E-state index contributed by atoms with van der Waals surface area (Å²) in [5, 5.41) is 1.06. The van der Waals surface area contributed by atoms with Gasteiger partial charge in [-0.1, -0.05) is 172 Å². The topological polar surface area (TPSA) is 25.8 Å². The van der Waals surface area contributed by atoms with E-state index < -0.39 is 0 Å². The van der Waals surface area contributed by atoms with E-state index in [0.717, 1.165) is 33.5 Å². The Balaban J connectivity index is 1.11. The van der Waals surface area contributed by atoms with Gasteiger partial charge in [0, 0.05) is 21.9 Å². The number of hydrogen-bond donors (Lipinski definition) is 0. The molecule has 7 aromatic carbocycles. The van der Waals surface area contributed by atoms with Gasteiger partial charge >= 0.3 is 0 Å². The Bertz CT molecular complexity index is 2560. The van der Waals surface area contributed by atoms with Crippen LogP contribution in [0.2, 0.25) is 0 Å². The molecule has 236 valence electrons. The standard InChI is InChI=1S/C48H34N2/c1-47(2)40-19-9-11-21-42(40)48(43-22-12-10-20-41(43)47)38-18-8-6-16-35(38)37-30-34(28-29-39(37)48)31-24-26-33(27-25-31)46-49-44-23-13-7-17-36(44)45(50-46)32-14-4-3-5-15-32/h3-30H,1-2H3. The molecule has 50 heavy (non-hydrogen) atoms. The van der Waals surface area contributed by atoms with Crippen LogP contribution in [-0.4, -0.2) is 9.97 Å². The first kappa shape index (κ1) is 28.9. The molecular formula is C48H34N2. The van der Waals surface area contributed by atoms with Crippen molar-refractivity contribution in [1.29, 1.82) is 0 Å². The van der Waals surface area contributed by atoms with Gasteiger partial charge in [0.15, 0.2) is 5.82 Å². The Morgan fingerprint density at radius 1 is 0.380 bits per heavy atom. The summed E-state index contributed by atoms with van der Waals surface area (Å²) >= 11 is 0. The third kappa shape index (κ3) is 3.96. The number of nitrogens with zero attached hydrogens (tertiary/aromatic N) is 2. The van der Waals surface area contributed by atoms with E-state index in [4.69, 9.17) is 9.97 Å². The zero-order valence-electron chi connectivity index (χ0n) is 28.1. The largest absolute Gasteiger partial charge is 0.228 e. The minimum absolute atomic E-state index is 0.103. The Morgan fingerprint density at radius 3 is 1.64 bits per heavy atom. The van der Waals surface area contributed by atoms with Crippen LogP contribution in [-0.2, 0) is 10.8 Å². The molecule has 0 saturated heterocycles. The summed E-state index contributed by atoms with van der Waals surface area (Å²) in [4.78, 5) is 10.1. The molecule has 0 unspecified atom stereocenters. The third-order valence-electron chi connectivity index (χ3n) is 11.2. The molecule has 10 rings (SSSR count). The molecule has 0 N–H and O–H groups in total. The first-order chi connectivity index (χ1) is 24.5. The number of hydrogen-bond acceptors (Lipinski definition) is 2. The lowest BCUT2D eigenvalue weighted by Gasteiger charge is -2.46. The van der Waals surface area contributed by atoms with Gasteiger partial charge in [-0.2, -0.15) is 0 Å². The molecular weight excluding hydrogens is 605 g/mol. The normalized spacial score (nSPS) is 14.5. The van der Waals surface area contributed by atoms with E-state index in [1.165, 1.54) is 55.6 Å². The molecule has 2 heteroatoms. The van der Waals surface area contributed by atoms with Crippen LogP contribution < -0.4 is 0 Å². The van der Waals surface area contributed by atoms with Gasteiger partial charge in [0.25, 0.3) is 0 Å². The Kier molecular flexibility index (Phi) is 6.17. The first-order valence-electron chi connectivity index (χ1n) is 17.4. The van der Waals surface area contributed by atoms with E-state index in [9.17, 15) is 0 Å². The summed E-state index contributed by atoms with van der Waals surface area (Å²) < 4.78 is 0. The van der Waals surface area contributed by atoms with Crippen molar-refractivity contribution >= 4 is 10.9 Å². The van der Waals surface area contributed by atoms with Crippen molar-refractivity contribution in [2.45, 2.75) is 24.7 Å². The van der Waals surface area contributed by atoms with Crippen LogP contribution in [0, 0.1) is 0 Å². The van der Waals surface area contributed by atoms with Gasteiger partial charge in [0.2, 0.25) is 0 Å². The fourth-order valence-corrected chi connectivity index (χ4v) is 8.88. The van der Waals surface area contributed by atoms with Crippen LogP contribution in [0.15, 0.2) is 170 Å². The summed E-state index contributed by atoms with van der Waals surface area (Å²) in [5.74, 6) is 0.733. The second-order valence-corrected chi connectivity index (χ2v) is 14.1. The lowest BCUT2D eigenvalue weighted by molar-refractivity contribution is 0.563. The second kappa shape index (κ2) is 10.7. The second-order valence-electron chi connectivity index (χ2n) is 14.1. The Hall–Kier alpha value is -6.12. The molecule has 2 aliphatic carbocycles. The van der Waals surface area contributed by atoms with Crippen molar-refractivity contribution in [3.8, 4) is 44.9 Å². The molecule has 8 aromatic rings. The van der Waals surface area contributed by atoms with E-state index in [2.05, 4.69) is 172 Å². The summed E-state index contributed by atoms with van der Waals surface area (Å²) in [7, 11) is 0. The summed E-state index contributed by atoms with van der Waals surface area (Å²) in [5.41, 5.74) is 16.8. The maximum absolute atomic E-state index is 5.10. The highest BCUT2D eigenvalue weighted by molar-refractivity contribution is 5.94. The van der Waals surface area contributed by atoms with Crippen LogP contribution in [0.4, 0.5) is 0 Å². The smallest absolute Gasteiger partial charge is 0.160 e. The number of aromatic nitrogens is 2. The molecule has 0 atom stereocenters. The Labute approximate surface area is 292 Å². The SMILES string of the molecule is CC1(C)c2ccccc2C2(c3ccccc3-c3cc(-c4ccc(-c5nc(-c6ccccc6)c6ccccc6n5)cc4)ccc32)c2ccccc21. The van der Waals surface area contributed by atoms with E-state index in [0.29, 0.717) is 0 Å². The van der Waals surface area contributed by atoms with Crippen LogP contribution >= 0.6 is 0 Å². The van der Waals surface area contributed by atoms with Gasteiger partial charge in [-0.25, -0.2) is 9.97 Å². The quantitative estimate of drug-likeness (QED) is 0.192. The number of para-hydroxylation sites is 1. The van der Waals surface area contributed by atoms with Gasteiger partial charge in [-0.3, -0.25) is 0 Å². The third-order valence-corrected chi connectivity index (χ3v) is 11.2. The van der Waals surface area contributed by atoms with E-state index in [1.807, 2.05) is 12.1 Å². The van der Waals surface area contributed by atoms with Gasteiger partial charge in [0.1, 0.15) is 0 Å². The fourth-order valence-electron chi connectivity index (χ4n) is 8.88. The van der Waals surface area contributed by atoms with Crippen LogP contribution in [0.5, 0.6) is 0 Å². The van der Waals surface area contributed by atoms with Crippen LogP contribution in [0.3, 0.4) is 0 Å². The van der Waals surface area contributed by atoms with Crippen molar-refractivity contribution < 1.29 is 0 Å². The summed E-state index contributed by atoms with van der Waals surface area (Å²) in [6.45, 7) is 4.75. The average molecular weight is 639 g/mol. The number of benzene rings is 7. The molecule has 0 saturated carbocycles. The predicted molar refractivity (Wildman–Crippen MR) is 205 cm³/mol. The van der Waals surface area contributed by atoms with E-state index >= 15 is 0 Å². The lowest BCUT2D eigenvalue weighted by Crippen LogP contribution is -2.40. The van der Waals surface area contributed by atoms with Gasteiger partial charge < -0.3 is 0 Å². The average Bonchev–Trinajstić information content (AvgIpc) is 3.47. The van der Waals surface area contributed by atoms with Crippen molar-refractivity contribution in [2.24, 2.45) is 0 Å². The number of fused-ring (bicyclic) bond motifs is 10. The summed E-state index contributed by atoms with van der Waals surface area (Å²) in [6, 6.07) is 61.8. The Morgan fingerprint density at radius 2 is 0.920 bits per heavy atom. The molecule has 2 nitrogen and oxygen atoms in total. The monoisotopic (exact) mass is 638 g/mol. The van der Waals surface area contributed by atoms with Gasteiger partial charge in [-0.05, 0) is 67.8 Å². The fraction of sp³-hybridized carbons (Fsp3) is 0.0833. The van der Waals surface area contributed by atoms with Crippen molar-refractivity contribution in [1.82, 2.24) is 9.97 Å². The molecule has 0 fully saturated rings. The van der Waals surface area contributed by atoms with Crippen LogP contribution in [0.1, 0.15) is 47.2 Å². The minimum atomic E-state index is -0.374. The minimum Gasteiger partial charge on any atom is -0.228 e. The van der Waals surface area contributed by atoms with Crippen LogP contribution in [0.25, 0.3) is 55.8 Å².